The summed E-state index contributed by atoms with van der Waals surface area (Å²) < 4.78 is 27.3. The molecule has 118 heavy (non-hydrogen) atoms. The maximum absolute atomic E-state index is 12.4. The number of nitrogens with one attached hydrogen (secondary N) is 1. The van der Waals surface area contributed by atoms with Crippen LogP contribution in [-0.4, -0.2) is 68.4 Å². The predicted molar refractivity (Wildman–Crippen MR) is 508 cm³/mol. The molecule has 1 amide bonds. The van der Waals surface area contributed by atoms with Crippen molar-refractivity contribution in [2.45, 2.75) is 250 Å². The maximum atomic E-state index is 12.4. The highest BCUT2D eigenvalue weighted by atomic mass is 35.5. The Balaban J connectivity index is 0.000000281. The molecule has 0 radical (unpaired) electrons. The van der Waals surface area contributed by atoms with Crippen LogP contribution in [0.5, 0.6) is 5.75 Å². The molecule has 2 aliphatic rings. The zero-order chi connectivity index (χ0) is 88.7. The minimum atomic E-state index is -0.440. The summed E-state index contributed by atoms with van der Waals surface area (Å²) in [6.07, 6.45) is 3.63. The Hall–Kier alpha value is -6.54. The third-order valence-electron chi connectivity index (χ3n) is 19.6. The van der Waals surface area contributed by atoms with Gasteiger partial charge in [-0.15, -0.1) is 0 Å². The predicted octanol–water partition coefficient (Wildman–Crippen LogP) is 32.1. The molecule has 0 saturated carbocycles. The van der Waals surface area contributed by atoms with Gasteiger partial charge >= 0.3 is 6.09 Å². The number of carbonyl (C=O) groups excluding carboxylic acids is 1. The highest BCUT2D eigenvalue weighted by molar-refractivity contribution is 6.36. The summed E-state index contributed by atoms with van der Waals surface area (Å²) in [7, 11) is 0. The summed E-state index contributed by atoms with van der Waals surface area (Å²) in [5, 5.41) is 17.5. The second-order valence-corrected chi connectivity index (χ2v) is 39.6. The van der Waals surface area contributed by atoms with Gasteiger partial charge in [0.15, 0.2) is 0 Å². The van der Waals surface area contributed by atoms with E-state index < -0.39 is 5.60 Å². The van der Waals surface area contributed by atoms with Crippen molar-refractivity contribution >= 4 is 98.9 Å². The van der Waals surface area contributed by atoms with Crippen LogP contribution in [0, 0.1) is 23.6 Å². The molecule has 12 rings (SSSR count). The van der Waals surface area contributed by atoms with Crippen molar-refractivity contribution in [2.75, 3.05) is 26.2 Å². The summed E-state index contributed by atoms with van der Waals surface area (Å²) >= 11 is 46.8. The Bertz CT molecular complexity index is 4350. The van der Waals surface area contributed by atoms with E-state index in [1.54, 1.807) is 41.3 Å². The van der Waals surface area contributed by atoms with E-state index >= 15 is 0 Å². The monoisotopic (exact) mass is 1760 g/mol. The fourth-order valence-electron chi connectivity index (χ4n) is 12.2. The Morgan fingerprint density at radius 2 is 0.737 bits per heavy atom. The van der Waals surface area contributed by atoms with Crippen molar-refractivity contribution in [1.82, 2.24) is 29.8 Å². The topological polar surface area (TPSA) is 86.4 Å². The van der Waals surface area contributed by atoms with Crippen LogP contribution < -0.4 is 10.1 Å². The van der Waals surface area contributed by atoms with Crippen LogP contribution in [0.3, 0.4) is 0 Å². The van der Waals surface area contributed by atoms with Crippen molar-refractivity contribution in [3.63, 3.8) is 0 Å². The molecule has 9 nitrogen and oxygen atoms in total. The Morgan fingerprint density at radius 1 is 0.398 bits per heavy atom. The molecule has 0 spiro atoms. The molecule has 2 atom stereocenters. The second-order valence-electron chi connectivity index (χ2n) is 36.1. The lowest BCUT2D eigenvalue weighted by Crippen LogP contribution is -2.53. The smallest absolute Gasteiger partial charge is 0.410 e. The molecular weight excluding hydrogens is 1640 g/mol. The van der Waals surface area contributed by atoms with E-state index in [-0.39, 0.29) is 34.9 Å². The molecule has 0 bridgehead atoms. The molecule has 2 aliphatic heterocycles. The highest BCUT2D eigenvalue weighted by Crippen LogP contribution is 2.36. The summed E-state index contributed by atoms with van der Waals surface area (Å²) in [5.41, 5.74) is 11.7. The van der Waals surface area contributed by atoms with Gasteiger partial charge in [-0.05, 0) is 217 Å². The van der Waals surface area contributed by atoms with Gasteiger partial charge < -0.3 is 19.7 Å². The van der Waals surface area contributed by atoms with E-state index in [4.69, 9.17) is 102 Å². The van der Waals surface area contributed by atoms with E-state index in [0.717, 1.165) is 33.2 Å². The summed E-state index contributed by atoms with van der Waals surface area (Å²) in [4.78, 5) is 13.6. The first kappa shape index (κ1) is 104. The lowest BCUT2D eigenvalue weighted by molar-refractivity contribution is -0.00105. The first-order valence-electron chi connectivity index (χ1n) is 41.1. The summed E-state index contributed by atoms with van der Waals surface area (Å²) in [6.45, 7) is 59.0. The normalized spacial score (nSPS) is 13.3. The van der Waals surface area contributed by atoms with Crippen LogP contribution in [-0.2, 0) is 21.0 Å². The largest absolute Gasteiger partial charge is 0.491 e. The van der Waals surface area contributed by atoms with Gasteiger partial charge in [-0.3, -0.25) is 9.36 Å². The van der Waals surface area contributed by atoms with E-state index in [1.807, 2.05) is 100 Å². The molecule has 2 saturated heterocycles. The fraction of sp³-hybridized carbons (Fsp3) is 0.450. The van der Waals surface area contributed by atoms with E-state index in [2.05, 4.69) is 269 Å². The number of ether oxygens (including phenoxy) is 2. The molecule has 0 unspecified atom stereocenters. The molecule has 644 valence electrons. The summed E-state index contributed by atoms with van der Waals surface area (Å²) in [5.74, 6) is 4.84. The SMILES string of the molecule is CC(C)(C)OC(=O)N1CC(n2nccc2C(C)(C)C)C1.CC(C)(C)c1ccccc1.CC(C)(C)c1ccnn1C1CNC1.CC(C)C(c1ccccc1)c1ccccc1.CC(C)Oc1cc(Cl)cc(Cl)c1.CC(C)[C@@H](C)c1cc(Cl)cc(Cl)c1.CC(C)[C@H](C)c1cc(Cl)cc(Cl)c1.CC(C)c1cc(Cl)cc(Cl)c1.CC(C)c1ccc(F)cc1. The molecule has 18 heteroatoms. The minimum absolute atomic E-state index is 0.0584. The first-order valence-corrected chi connectivity index (χ1v) is 44.1. The molecule has 2 fully saturated rings. The lowest BCUT2D eigenvalue weighted by Gasteiger charge is -2.41. The number of nitrogens with zero attached hydrogens (tertiary/aromatic N) is 5. The van der Waals surface area contributed by atoms with Crippen molar-refractivity contribution in [3.05, 3.63) is 309 Å². The lowest BCUT2D eigenvalue weighted by atomic mass is 9.83. The van der Waals surface area contributed by atoms with Gasteiger partial charge in [0.1, 0.15) is 17.2 Å². The molecule has 8 aromatic carbocycles. The Morgan fingerprint density at radius 3 is 1.03 bits per heavy atom. The second kappa shape index (κ2) is 49.5. The maximum Gasteiger partial charge on any atom is 0.410 e. The van der Waals surface area contributed by atoms with Gasteiger partial charge in [0.2, 0.25) is 0 Å². The molecule has 0 aliphatic carbocycles. The van der Waals surface area contributed by atoms with Crippen LogP contribution in [0.1, 0.15) is 272 Å². The van der Waals surface area contributed by atoms with Gasteiger partial charge in [0, 0.05) is 107 Å². The number of hydrogen-bond acceptors (Lipinski definition) is 6. The number of rotatable bonds is 13. The molecule has 2 aromatic heterocycles. The fourth-order valence-corrected chi connectivity index (χ4v) is 14.4. The molecule has 4 heterocycles. The molecule has 1 N–H and O–H groups in total. The van der Waals surface area contributed by atoms with Gasteiger partial charge in [-0.25, -0.2) is 9.18 Å². The number of hydrogen-bond donors (Lipinski definition) is 1. The van der Waals surface area contributed by atoms with Gasteiger partial charge in [-0.2, -0.15) is 10.2 Å². The number of aromatic nitrogens is 4. The number of amides is 1. The quantitative estimate of drug-likeness (QED) is 0.124. The van der Waals surface area contributed by atoms with Crippen LogP contribution in [0.2, 0.25) is 40.2 Å². The summed E-state index contributed by atoms with van der Waals surface area (Å²) in [6, 6.07) is 65.9. The average molecular weight is 1770 g/mol. The molecular formula is C100H133Cl8FN6O3. The van der Waals surface area contributed by atoms with E-state index in [1.165, 1.54) is 62.5 Å². The molecule has 10 aromatic rings. The number of benzene rings is 8. The number of likely N-dealkylation sites (tertiary alicyclic amines) is 1. The first-order chi connectivity index (χ1) is 54.9. The van der Waals surface area contributed by atoms with Gasteiger partial charge in [0.05, 0.1) is 18.2 Å². The number of halogens is 9. The van der Waals surface area contributed by atoms with Crippen LogP contribution in [0.25, 0.3) is 0 Å². The van der Waals surface area contributed by atoms with Crippen molar-refractivity contribution in [1.29, 1.82) is 0 Å². The van der Waals surface area contributed by atoms with Crippen molar-refractivity contribution in [2.24, 2.45) is 17.8 Å². The third kappa shape index (κ3) is 37.8. The van der Waals surface area contributed by atoms with E-state index in [0.29, 0.717) is 97.7 Å². The number of carbonyl (C=O) groups is 1. The van der Waals surface area contributed by atoms with Crippen molar-refractivity contribution in [3.8, 4) is 5.75 Å². The van der Waals surface area contributed by atoms with Crippen LogP contribution >= 0.6 is 92.8 Å². The highest BCUT2D eigenvalue weighted by Gasteiger charge is 2.37. The standard InChI is InChI=1S/C16H18.C15H25N3O2.2C11H14Cl2.C10H17N3.C10H14.C9H10Cl2O.C9H10Cl2.C9H11F/c1-13(2)16(14-9-5-3-6-10-14)15-11-7-4-8-12-15;1-14(2,3)12-7-8-16-18(12)11-9-17(10-11)13(19)20-15(4,5)6;2*1-7(2)8(3)9-4-10(12)6-11(13)5-9;1-10(2,3)9-4-5-12-13(9)8-6-11-7-8;1-10(2,3)9-7-5-4-6-8-9;1-6(2)12-9-4-7(10)3-8(11)5-9;1-6(2)7-3-8(10)5-9(11)4-7;1-7(2)8-3-5-9(10)6-4-8/h3-13,16H,1-2H3;7-8,11H,9-10H2,1-6H3;2*4-8H,1-3H3;4-5,8,11H,6-7H2,1-3H3;4-8H,1-3H3;3-6H,1-2H3;3-6H,1-2H3;3-7H,1-2H3/t;;2*8-;;;;;/m..10...../s1. The van der Waals surface area contributed by atoms with E-state index in [9.17, 15) is 9.18 Å². The zero-order valence-corrected chi connectivity index (χ0v) is 80.8. The zero-order valence-electron chi connectivity index (χ0n) is 74.7. The van der Waals surface area contributed by atoms with Crippen LogP contribution in [0.15, 0.2) is 213 Å². The Labute approximate surface area is 749 Å². The minimum Gasteiger partial charge on any atom is -0.491 e. The van der Waals surface area contributed by atoms with Crippen LogP contribution in [0.4, 0.5) is 9.18 Å². The average Bonchev–Trinajstić information content (AvgIpc) is 1.59. The third-order valence-corrected chi connectivity index (χ3v) is 21.3. The van der Waals surface area contributed by atoms with Gasteiger partial charge in [0.25, 0.3) is 0 Å². The Kier molecular flexibility index (Phi) is 43.6. The van der Waals surface area contributed by atoms with Gasteiger partial charge in [-0.1, -0.05) is 341 Å². The van der Waals surface area contributed by atoms with Crippen molar-refractivity contribution < 1.29 is 18.7 Å².